The minimum absolute atomic E-state index is 0.0326. The third-order valence-corrected chi connectivity index (χ3v) is 4.41. The zero-order chi connectivity index (χ0) is 11.3. The number of hydrogen-bond acceptors (Lipinski definition) is 3. The van der Waals surface area contributed by atoms with Crippen molar-refractivity contribution >= 4 is 10.2 Å². The molecule has 0 atom stereocenters. The molecule has 1 aliphatic rings. The molecule has 0 bridgehead atoms. The maximum Gasteiger partial charge on any atom is 0.279 e. The van der Waals surface area contributed by atoms with Crippen molar-refractivity contribution in [3.8, 4) is 0 Å². The Morgan fingerprint density at radius 3 is 2.53 bits per heavy atom. The quantitative estimate of drug-likeness (QED) is 0.657. The van der Waals surface area contributed by atoms with Crippen molar-refractivity contribution in [3.63, 3.8) is 0 Å². The average Bonchev–Trinajstić information content (AvgIpc) is 2.08. The van der Waals surface area contributed by atoms with Crippen LogP contribution in [0.5, 0.6) is 0 Å². The van der Waals surface area contributed by atoms with Gasteiger partial charge >= 0.3 is 0 Å². The first kappa shape index (κ1) is 12.9. The van der Waals surface area contributed by atoms with Gasteiger partial charge in [-0.25, -0.2) is 4.72 Å². The highest BCUT2D eigenvalue weighted by atomic mass is 32.2. The maximum atomic E-state index is 11.8. The summed E-state index contributed by atoms with van der Waals surface area (Å²) in [5.74, 6) is 0. The third-order valence-electron chi connectivity index (χ3n) is 2.65. The van der Waals surface area contributed by atoms with E-state index in [0.29, 0.717) is 19.5 Å². The Labute approximate surface area is 91.7 Å². The predicted molar refractivity (Wildman–Crippen MR) is 58.6 cm³/mol. The molecule has 2 N–H and O–H groups in total. The molecule has 1 fully saturated rings. The Morgan fingerprint density at radius 2 is 2.13 bits per heavy atom. The van der Waals surface area contributed by atoms with Crippen molar-refractivity contribution in [3.05, 3.63) is 0 Å². The molecule has 0 radical (unpaired) electrons. The Morgan fingerprint density at radius 1 is 1.47 bits per heavy atom. The van der Waals surface area contributed by atoms with E-state index in [2.05, 4.69) is 4.72 Å². The standard InChI is InChI=1S/C9H20N2O3S/c1-2-10-15(13,14)11(7-4-8-12)9-5-3-6-9/h9-10,12H,2-8H2,1H3. The molecule has 0 aromatic rings. The fourth-order valence-electron chi connectivity index (χ4n) is 1.67. The van der Waals surface area contributed by atoms with Crippen LogP contribution in [0.1, 0.15) is 32.6 Å². The summed E-state index contributed by atoms with van der Waals surface area (Å²) >= 11 is 0. The van der Waals surface area contributed by atoms with Gasteiger partial charge in [-0.3, -0.25) is 0 Å². The van der Waals surface area contributed by atoms with Crippen LogP contribution >= 0.6 is 0 Å². The van der Waals surface area contributed by atoms with Gasteiger partial charge in [0.1, 0.15) is 0 Å². The second-order valence-electron chi connectivity index (χ2n) is 3.78. The third kappa shape index (κ3) is 3.41. The summed E-state index contributed by atoms with van der Waals surface area (Å²) in [4.78, 5) is 0. The summed E-state index contributed by atoms with van der Waals surface area (Å²) in [6, 6.07) is 0.139. The summed E-state index contributed by atoms with van der Waals surface area (Å²) in [5.41, 5.74) is 0. The fourth-order valence-corrected chi connectivity index (χ4v) is 3.17. The summed E-state index contributed by atoms with van der Waals surface area (Å²) < 4.78 is 27.6. The lowest BCUT2D eigenvalue weighted by atomic mass is 9.93. The molecule has 0 amide bonds. The molecule has 0 saturated heterocycles. The molecule has 0 aliphatic heterocycles. The van der Waals surface area contributed by atoms with Crippen molar-refractivity contribution in [2.45, 2.75) is 38.6 Å². The molecule has 1 rings (SSSR count). The maximum absolute atomic E-state index is 11.8. The van der Waals surface area contributed by atoms with Crippen LogP contribution in [0.15, 0.2) is 0 Å². The topological polar surface area (TPSA) is 69.6 Å². The van der Waals surface area contributed by atoms with Gasteiger partial charge in [-0.1, -0.05) is 13.3 Å². The van der Waals surface area contributed by atoms with Gasteiger partial charge in [0, 0.05) is 25.7 Å². The van der Waals surface area contributed by atoms with Crippen molar-refractivity contribution in [1.82, 2.24) is 9.03 Å². The molecule has 0 spiro atoms. The Bertz CT molecular complexity index is 275. The second-order valence-corrected chi connectivity index (χ2v) is 5.48. The molecule has 1 saturated carbocycles. The van der Waals surface area contributed by atoms with Gasteiger partial charge in [0.25, 0.3) is 10.2 Å². The van der Waals surface area contributed by atoms with Crippen LogP contribution in [-0.2, 0) is 10.2 Å². The van der Waals surface area contributed by atoms with E-state index in [1.54, 1.807) is 6.92 Å². The van der Waals surface area contributed by atoms with Crippen LogP contribution in [0.2, 0.25) is 0 Å². The van der Waals surface area contributed by atoms with Gasteiger partial charge in [0.2, 0.25) is 0 Å². The number of aliphatic hydroxyl groups excluding tert-OH is 1. The lowest BCUT2D eigenvalue weighted by Gasteiger charge is -2.36. The Balaban J connectivity index is 2.61. The van der Waals surface area contributed by atoms with Crippen LogP contribution in [0.4, 0.5) is 0 Å². The first-order chi connectivity index (χ1) is 7.11. The molecule has 15 heavy (non-hydrogen) atoms. The van der Waals surface area contributed by atoms with Gasteiger partial charge in [0.05, 0.1) is 0 Å². The molecular formula is C9H20N2O3S. The largest absolute Gasteiger partial charge is 0.396 e. The minimum Gasteiger partial charge on any atom is -0.396 e. The monoisotopic (exact) mass is 236 g/mol. The highest BCUT2D eigenvalue weighted by molar-refractivity contribution is 7.87. The first-order valence-electron chi connectivity index (χ1n) is 5.49. The van der Waals surface area contributed by atoms with Crippen LogP contribution in [0.25, 0.3) is 0 Å². The molecule has 1 aliphatic carbocycles. The van der Waals surface area contributed by atoms with E-state index in [-0.39, 0.29) is 12.6 Å². The highest BCUT2D eigenvalue weighted by Crippen LogP contribution is 2.26. The Hall–Kier alpha value is -0.170. The summed E-state index contributed by atoms with van der Waals surface area (Å²) in [5, 5.41) is 8.74. The SMILES string of the molecule is CCNS(=O)(=O)N(CCCO)C1CCC1. The summed E-state index contributed by atoms with van der Waals surface area (Å²) in [7, 11) is -3.33. The van der Waals surface area contributed by atoms with E-state index >= 15 is 0 Å². The molecule has 90 valence electrons. The van der Waals surface area contributed by atoms with E-state index in [0.717, 1.165) is 19.3 Å². The van der Waals surface area contributed by atoms with Crippen molar-refractivity contribution in [2.24, 2.45) is 0 Å². The normalized spacial score (nSPS) is 18.1. The van der Waals surface area contributed by atoms with Crippen molar-refractivity contribution < 1.29 is 13.5 Å². The van der Waals surface area contributed by atoms with Gasteiger partial charge in [0.15, 0.2) is 0 Å². The van der Waals surface area contributed by atoms with Gasteiger partial charge in [-0.2, -0.15) is 12.7 Å². The molecule has 6 heteroatoms. The van der Waals surface area contributed by atoms with E-state index in [4.69, 9.17) is 5.11 Å². The lowest BCUT2D eigenvalue weighted by Crippen LogP contribution is -2.49. The van der Waals surface area contributed by atoms with Crippen LogP contribution in [0, 0.1) is 0 Å². The fraction of sp³-hybridized carbons (Fsp3) is 1.00. The molecule has 0 heterocycles. The molecular weight excluding hydrogens is 216 g/mol. The van der Waals surface area contributed by atoms with Crippen LogP contribution in [0.3, 0.4) is 0 Å². The van der Waals surface area contributed by atoms with E-state index < -0.39 is 10.2 Å². The molecule has 0 aromatic carbocycles. The number of nitrogens with zero attached hydrogens (tertiary/aromatic N) is 1. The molecule has 0 unspecified atom stereocenters. The second kappa shape index (κ2) is 5.79. The lowest BCUT2D eigenvalue weighted by molar-refractivity contribution is 0.197. The molecule has 5 nitrogen and oxygen atoms in total. The first-order valence-corrected chi connectivity index (χ1v) is 6.93. The highest BCUT2D eigenvalue weighted by Gasteiger charge is 2.32. The number of rotatable bonds is 7. The molecule has 0 aromatic heterocycles. The van der Waals surface area contributed by atoms with Gasteiger partial charge in [-0.15, -0.1) is 0 Å². The number of hydrogen-bond donors (Lipinski definition) is 2. The summed E-state index contributed by atoms with van der Waals surface area (Å²) in [6.45, 7) is 2.62. The average molecular weight is 236 g/mol. The predicted octanol–water partition coefficient (Wildman–Crippen LogP) is 0.0776. The van der Waals surface area contributed by atoms with Crippen molar-refractivity contribution in [1.29, 1.82) is 0 Å². The zero-order valence-electron chi connectivity index (χ0n) is 9.15. The smallest absolute Gasteiger partial charge is 0.279 e. The van der Waals surface area contributed by atoms with Gasteiger partial charge in [-0.05, 0) is 19.3 Å². The van der Waals surface area contributed by atoms with E-state index in [9.17, 15) is 8.42 Å². The van der Waals surface area contributed by atoms with E-state index in [1.165, 1.54) is 4.31 Å². The minimum atomic E-state index is -3.33. The van der Waals surface area contributed by atoms with Gasteiger partial charge < -0.3 is 5.11 Å². The zero-order valence-corrected chi connectivity index (χ0v) is 9.96. The van der Waals surface area contributed by atoms with Crippen LogP contribution < -0.4 is 4.72 Å². The Kier molecular flexibility index (Phi) is 4.98. The van der Waals surface area contributed by atoms with Crippen LogP contribution in [-0.4, -0.2) is 43.6 Å². The number of aliphatic hydroxyl groups is 1. The number of nitrogens with one attached hydrogen (secondary N) is 1. The van der Waals surface area contributed by atoms with E-state index in [1.807, 2.05) is 0 Å². The van der Waals surface area contributed by atoms with Crippen molar-refractivity contribution in [2.75, 3.05) is 19.7 Å². The summed E-state index contributed by atoms with van der Waals surface area (Å²) in [6.07, 6.45) is 3.48.